The summed E-state index contributed by atoms with van der Waals surface area (Å²) in [6.45, 7) is 0.692. The van der Waals surface area contributed by atoms with Crippen LogP contribution in [0.3, 0.4) is 0 Å². The third-order valence-corrected chi connectivity index (χ3v) is 4.29. The van der Waals surface area contributed by atoms with E-state index in [1.165, 1.54) is 0 Å². The molecule has 0 saturated carbocycles. The number of hydrogen-bond donors (Lipinski definition) is 3. The lowest BCUT2D eigenvalue weighted by Crippen LogP contribution is -2.29. The van der Waals surface area contributed by atoms with E-state index in [1.807, 2.05) is 18.2 Å². The number of fused-ring (bicyclic) bond motifs is 2. The molecule has 26 heavy (non-hydrogen) atoms. The molecule has 0 fully saturated rings. The van der Waals surface area contributed by atoms with Crippen LogP contribution in [0.1, 0.15) is 23.3 Å². The van der Waals surface area contributed by atoms with Crippen LogP contribution in [-0.2, 0) is 0 Å². The Morgan fingerprint density at radius 3 is 2.00 bits per heavy atom. The maximum absolute atomic E-state index is 10.9. The summed E-state index contributed by atoms with van der Waals surface area (Å²) in [6.07, 6.45) is -0.846. The summed E-state index contributed by atoms with van der Waals surface area (Å²) < 4.78 is 21.5. The highest BCUT2D eigenvalue weighted by atomic mass is 35.5. The van der Waals surface area contributed by atoms with E-state index in [4.69, 9.17) is 18.9 Å². The normalized spacial score (nSPS) is 16.1. The van der Waals surface area contributed by atoms with Gasteiger partial charge < -0.3 is 34.5 Å². The van der Waals surface area contributed by atoms with Crippen molar-refractivity contribution in [3.8, 4) is 23.0 Å². The standard InChI is InChI=1S/C18H19NO6.ClH/c20-6-5-19-17(11-1-3-13-15(7-11)24-9-22-13)18(21)12-2-4-14-16(8-12)25-10-23-14;/h1-4,7-8,17-21H,5-6,9-10H2;1H. The van der Waals surface area contributed by atoms with Crippen molar-refractivity contribution in [2.24, 2.45) is 0 Å². The zero-order chi connectivity index (χ0) is 17.2. The highest BCUT2D eigenvalue weighted by molar-refractivity contribution is 5.85. The molecule has 3 N–H and O–H groups in total. The fourth-order valence-electron chi connectivity index (χ4n) is 3.03. The van der Waals surface area contributed by atoms with Crippen molar-refractivity contribution in [1.82, 2.24) is 5.32 Å². The minimum absolute atomic E-state index is 0. The molecule has 0 aliphatic carbocycles. The second-order valence-corrected chi connectivity index (χ2v) is 5.83. The molecule has 0 bridgehead atoms. The Bertz CT molecular complexity index is 771. The Morgan fingerprint density at radius 1 is 0.846 bits per heavy atom. The van der Waals surface area contributed by atoms with E-state index < -0.39 is 12.1 Å². The summed E-state index contributed by atoms with van der Waals surface area (Å²) in [6, 6.07) is 10.5. The van der Waals surface area contributed by atoms with Gasteiger partial charge in [0.15, 0.2) is 23.0 Å². The number of ether oxygens (including phenoxy) is 4. The number of aliphatic hydroxyl groups excluding tert-OH is 2. The second-order valence-electron chi connectivity index (χ2n) is 5.83. The third-order valence-electron chi connectivity index (χ3n) is 4.29. The first-order valence-electron chi connectivity index (χ1n) is 8.07. The molecule has 7 nitrogen and oxygen atoms in total. The Morgan fingerprint density at radius 2 is 1.38 bits per heavy atom. The molecular weight excluding hydrogens is 362 g/mol. The van der Waals surface area contributed by atoms with Gasteiger partial charge in [-0.05, 0) is 35.4 Å². The molecule has 2 aliphatic heterocycles. The van der Waals surface area contributed by atoms with Gasteiger partial charge in [0, 0.05) is 6.54 Å². The van der Waals surface area contributed by atoms with Crippen LogP contribution in [0.15, 0.2) is 36.4 Å². The highest BCUT2D eigenvalue weighted by Gasteiger charge is 2.26. The molecule has 2 aliphatic rings. The molecule has 8 heteroatoms. The van der Waals surface area contributed by atoms with Crippen LogP contribution in [-0.4, -0.2) is 37.0 Å². The molecule has 2 aromatic carbocycles. The van der Waals surface area contributed by atoms with Gasteiger partial charge in [0.05, 0.1) is 18.8 Å². The Balaban J connectivity index is 0.00000196. The van der Waals surface area contributed by atoms with Crippen molar-refractivity contribution >= 4 is 12.4 Å². The molecule has 0 spiro atoms. The molecule has 140 valence electrons. The third kappa shape index (κ3) is 3.52. The highest BCUT2D eigenvalue weighted by Crippen LogP contribution is 2.40. The molecule has 0 radical (unpaired) electrons. The monoisotopic (exact) mass is 381 g/mol. The first kappa shape index (κ1) is 18.6. The summed E-state index contributed by atoms with van der Waals surface area (Å²) in [5, 5.41) is 23.3. The van der Waals surface area contributed by atoms with Crippen molar-refractivity contribution in [3.05, 3.63) is 47.5 Å². The van der Waals surface area contributed by atoms with Gasteiger partial charge in [0.25, 0.3) is 0 Å². The van der Waals surface area contributed by atoms with E-state index in [0.717, 1.165) is 5.56 Å². The molecule has 2 atom stereocenters. The van der Waals surface area contributed by atoms with Crippen LogP contribution in [0.5, 0.6) is 23.0 Å². The summed E-state index contributed by atoms with van der Waals surface area (Å²) in [7, 11) is 0. The minimum Gasteiger partial charge on any atom is -0.454 e. The molecule has 4 rings (SSSR count). The average Bonchev–Trinajstić information content (AvgIpc) is 3.29. The number of rotatable bonds is 6. The van der Waals surface area contributed by atoms with Crippen molar-refractivity contribution in [3.63, 3.8) is 0 Å². The lowest BCUT2D eigenvalue weighted by atomic mass is 9.95. The Hall–Kier alpha value is -2.19. The van der Waals surface area contributed by atoms with Gasteiger partial charge in [-0.25, -0.2) is 0 Å². The number of benzene rings is 2. The van der Waals surface area contributed by atoms with E-state index in [2.05, 4.69) is 5.32 Å². The largest absolute Gasteiger partial charge is 0.454 e. The number of nitrogens with one attached hydrogen (secondary N) is 1. The van der Waals surface area contributed by atoms with Crippen LogP contribution in [0.2, 0.25) is 0 Å². The molecule has 0 amide bonds. The van der Waals surface area contributed by atoms with Crippen LogP contribution in [0, 0.1) is 0 Å². The van der Waals surface area contributed by atoms with Gasteiger partial charge in [0.1, 0.15) is 0 Å². The molecule has 2 heterocycles. The van der Waals surface area contributed by atoms with E-state index in [9.17, 15) is 10.2 Å². The van der Waals surface area contributed by atoms with E-state index in [-0.39, 0.29) is 32.6 Å². The summed E-state index contributed by atoms with van der Waals surface area (Å²) >= 11 is 0. The predicted molar refractivity (Wildman–Crippen MR) is 95.2 cm³/mol. The summed E-state index contributed by atoms with van der Waals surface area (Å²) in [5.74, 6) is 2.61. The fraction of sp³-hybridized carbons (Fsp3) is 0.333. The van der Waals surface area contributed by atoms with Gasteiger partial charge in [-0.1, -0.05) is 12.1 Å². The van der Waals surface area contributed by atoms with Crippen molar-refractivity contribution in [1.29, 1.82) is 0 Å². The number of halogens is 1. The Kier molecular flexibility index (Phi) is 5.73. The van der Waals surface area contributed by atoms with Gasteiger partial charge in [0.2, 0.25) is 13.6 Å². The maximum atomic E-state index is 10.9. The topological polar surface area (TPSA) is 89.4 Å². The molecule has 2 aromatic rings. The van der Waals surface area contributed by atoms with Crippen LogP contribution in [0.25, 0.3) is 0 Å². The molecule has 0 aromatic heterocycles. The van der Waals surface area contributed by atoms with E-state index in [1.54, 1.807) is 18.2 Å². The second kappa shape index (κ2) is 8.01. The Labute approximate surface area is 156 Å². The zero-order valence-electron chi connectivity index (χ0n) is 13.9. The van der Waals surface area contributed by atoms with E-state index >= 15 is 0 Å². The molecule has 2 unspecified atom stereocenters. The quantitative estimate of drug-likeness (QED) is 0.704. The van der Waals surface area contributed by atoms with Crippen molar-refractivity contribution < 1.29 is 29.2 Å². The smallest absolute Gasteiger partial charge is 0.231 e. The maximum Gasteiger partial charge on any atom is 0.231 e. The summed E-state index contributed by atoms with van der Waals surface area (Å²) in [5.41, 5.74) is 1.53. The fourth-order valence-corrected chi connectivity index (χ4v) is 3.03. The number of aliphatic hydroxyl groups is 2. The lowest BCUT2D eigenvalue weighted by molar-refractivity contribution is 0.124. The first-order chi connectivity index (χ1) is 12.3. The first-order valence-corrected chi connectivity index (χ1v) is 8.07. The predicted octanol–water partition coefficient (Wildman–Crippen LogP) is 1.92. The lowest BCUT2D eigenvalue weighted by Gasteiger charge is -2.25. The van der Waals surface area contributed by atoms with Crippen molar-refractivity contribution in [2.75, 3.05) is 26.7 Å². The minimum atomic E-state index is -0.846. The summed E-state index contributed by atoms with van der Waals surface area (Å²) in [4.78, 5) is 0. The van der Waals surface area contributed by atoms with Crippen molar-refractivity contribution in [2.45, 2.75) is 12.1 Å². The van der Waals surface area contributed by atoms with Gasteiger partial charge in [-0.15, -0.1) is 12.4 Å². The van der Waals surface area contributed by atoms with Gasteiger partial charge in [-0.3, -0.25) is 0 Å². The van der Waals surface area contributed by atoms with Gasteiger partial charge in [-0.2, -0.15) is 0 Å². The van der Waals surface area contributed by atoms with Crippen LogP contribution < -0.4 is 24.3 Å². The molecule has 0 saturated heterocycles. The average molecular weight is 382 g/mol. The van der Waals surface area contributed by atoms with E-state index in [0.29, 0.717) is 35.1 Å². The molecular formula is C18H20ClNO6. The van der Waals surface area contributed by atoms with Crippen LogP contribution >= 0.6 is 12.4 Å². The zero-order valence-corrected chi connectivity index (χ0v) is 14.7. The van der Waals surface area contributed by atoms with Crippen LogP contribution in [0.4, 0.5) is 0 Å². The number of hydrogen-bond acceptors (Lipinski definition) is 7. The van der Waals surface area contributed by atoms with Gasteiger partial charge >= 0.3 is 0 Å². The SMILES string of the molecule is Cl.OCCNC(c1ccc2c(c1)OCO2)C(O)c1ccc2c(c1)OCO2.